The second-order valence-corrected chi connectivity index (χ2v) is 4.61. The molecule has 0 saturated heterocycles. The minimum absolute atomic E-state index is 0.194. The quantitative estimate of drug-likeness (QED) is 0.842. The summed E-state index contributed by atoms with van der Waals surface area (Å²) in [7, 11) is 2.02. The maximum absolute atomic E-state index is 9.15. The van der Waals surface area contributed by atoms with Crippen molar-refractivity contribution < 1.29 is 5.11 Å². The van der Waals surface area contributed by atoms with E-state index >= 15 is 0 Å². The van der Waals surface area contributed by atoms with E-state index in [2.05, 4.69) is 52.2 Å². The largest absolute Gasteiger partial charge is 0.395 e. The fourth-order valence-electron chi connectivity index (χ4n) is 2.11. The van der Waals surface area contributed by atoms with Crippen LogP contribution in [0.3, 0.4) is 0 Å². The smallest absolute Gasteiger partial charge is 0.0558 e. The van der Waals surface area contributed by atoms with E-state index in [1.807, 2.05) is 13.1 Å². The lowest BCUT2D eigenvalue weighted by molar-refractivity contribution is 0.184. The summed E-state index contributed by atoms with van der Waals surface area (Å²) >= 11 is 0. The van der Waals surface area contributed by atoms with Gasteiger partial charge >= 0.3 is 0 Å². The van der Waals surface area contributed by atoms with E-state index in [-0.39, 0.29) is 6.61 Å². The summed E-state index contributed by atoms with van der Waals surface area (Å²) in [6, 6.07) is 12.5. The molecule has 3 heteroatoms. The van der Waals surface area contributed by atoms with Crippen molar-refractivity contribution in [2.75, 3.05) is 13.2 Å². The van der Waals surface area contributed by atoms with Crippen LogP contribution in [0.2, 0.25) is 0 Å². The zero-order valence-corrected chi connectivity index (χ0v) is 10.8. The second kappa shape index (κ2) is 6.38. The molecule has 0 fully saturated rings. The molecular weight excluding hydrogens is 224 g/mol. The lowest BCUT2D eigenvalue weighted by Gasteiger charge is -2.20. The molecule has 18 heavy (non-hydrogen) atoms. The van der Waals surface area contributed by atoms with Gasteiger partial charge in [0.15, 0.2) is 0 Å². The van der Waals surface area contributed by atoms with E-state index in [1.54, 1.807) is 0 Å². The van der Waals surface area contributed by atoms with Gasteiger partial charge in [-0.25, -0.2) is 0 Å². The number of benzene rings is 1. The van der Waals surface area contributed by atoms with Crippen molar-refractivity contribution in [3.63, 3.8) is 0 Å². The van der Waals surface area contributed by atoms with Gasteiger partial charge in [-0.3, -0.25) is 4.90 Å². The van der Waals surface area contributed by atoms with Crippen LogP contribution in [0.15, 0.2) is 48.8 Å². The van der Waals surface area contributed by atoms with E-state index in [1.165, 1.54) is 11.1 Å². The molecule has 1 aromatic carbocycles. The van der Waals surface area contributed by atoms with Crippen LogP contribution in [0, 0.1) is 0 Å². The molecule has 1 heterocycles. The topological polar surface area (TPSA) is 28.4 Å². The summed E-state index contributed by atoms with van der Waals surface area (Å²) in [5, 5.41) is 9.15. The maximum atomic E-state index is 9.15. The molecule has 0 aliphatic heterocycles. The summed E-state index contributed by atoms with van der Waals surface area (Å²) in [5.74, 6) is 0. The Morgan fingerprint density at radius 2 is 1.78 bits per heavy atom. The van der Waals surface area contributed by atoms with Crippen LogP contribution < -0.4 is 0 Å². The molecule has 3 nitrogen and oxygen atoms in total. The van der Waals surface area contributed by atoms with Crippen molar-refractivity contribution in [3.8, 4) is 0 Å². The molecule has 2 aromatic rings. The number of aliphatic hydroxyl groups excluding tert-OH is 1. The van der Waals surface area contributed by atoms with Crippen molar-refractivity contribution in [1.29, 1.82) is 0 Å². The Bertz CT molecular complexity index is 464. The van der Waals surface area contributed by atoms with Gasteiger partial charge in [-0.15, -0.1) is 0 Å². The zero-order valence-electron chi connectivity index (χ0n) is 10.8. The molecule has 0 aliphatic carbocycles. The van der Waals surface area contributed by atoms with Gasteiger partial charge in [-0.05, 0) is 17.2 Å². The number of aliphatic hydroxyl groups is 1. The lowest BCUT2D eigenvalue weighted by atomic mass is 10.2. The van der Waals surface area contributed by atoms with E-state index < -0.39 is 0 Å². The summed E-state index contributed by atoms with van der Waals surface area (Å²) in [4.78, 5) is 2.25. The van der Waals surface area contributed by atoms with Gasteiger partial charge in [0.25, 0.3) is 0 Å². The van der Waals surface area contributed by atoms with Crippen molar-refractivity contribution in [1.82, 2.24) is 9.47 Å². The Balaban J connectivity index is 1.99. The molecule has 1 N–H and O–H groups in total. The van der Waals surface area contributed by atoms with Crippen LogP contribution >= 0.6 is 0 Å². The number of aryl methyl sites for hydroxylation is 1. The third-order valence-electron chi connectivity index (χ3n) is 2.96. The highest BCUT2D eigenvalue weighted by Gasteiger charge is 2.07. The molecule has 2 rings (SSSR count). The van der Waals surface area contributed by atoms with Crippen molar-refractivity contribution in [2.45, 2.75) is 13.1 Å². The average molecular weight is 244 g/mol. The minimum Gasteiger partial charge on any atom is -0.395 e. The van der Waals surface area contributed by atoms with Crippen molar-refractivity contribution in [2.24, 2.45) is 7.05 Å². The van der Waals surface area contributed by atoms with Crippen LogP contribution in [-0.2, 0) is 20.1 Å². The number of hydrogen-bond acceptors (Lipinski definition) is 2. The first-order chi connectivity index (χ1) is 8.78. The van der Waals surface area contributed by atoms with Gasteiger partial charge in [-0.1, -0.05) is 30.3 Å². The molecular formula is C15H20N2O. The highest BCUT2D eigenvalue weighted by Crippen LogP contribution is 2.09. The molecule has 0 atom stereocenters. The van der Waals surface area contributed by atoms with Gasteiger partial charge in [0.05, 0.1) is 6.61 Å². The fourth-order valence-corrected chi connectivity index (χ4v) is 2.11. The van der Waals surface area contributed by atoms with Crippen molar-refractivity contribution in [3.05, 3.63) is 59.9 Å². The van der Waals surface area contributed by atoms with Gasteiger partial charge in [0.1, 0.15) is 0 Å². The van der Waals surface area contributed by atoms with Crippen LogP contribution in [0.25, 0.3) is 0 Å². The molecule has 0 aliphatic rings. The van der Waals surface area contributed by atoms with E-state index in [0.717, 1.165) is 13.1 Å². The second-order valence-electron chi connectivity index (χ2n) is 4.61. The number of hydrogen-bond donors (Lipinski definition) is 1. The third-order valence-corrected chi connectivity index (χ3v) is 2.96. The molecule has 0 saturated carbocycles. The predicted octanol–water partition coefficient (Wildman–Crippen LogP) is 2.02. The maximum Gasteiger partial charge on any atom is 0.0558 e. The van der Waals surface area contributed by atoms with Gasteiger partial charge in [0, 0.05) is 39.1 Å². The zero-order chi connectivity index (χ0) is 12.8. The normalized spacial score (nSPS) is 11.1. The standard InChI is InChI=1S/C15H20N2O/c1-16-8-7-15(11-16)13-17(9-10-18)12-14-5-3-2-4-6-14/h2-8,11,18H,9-10,12-13H2,1H3. The van der Waals surface area contributed by atoms with Crippen molar-refractivity contribution >= 4 is 0 Å². The number of aromatic nitrogens is 1. The first kappa shape index (κ1) is 12.9. The van der Waals surface area contributed by atoms with Crippen LogP contribution in [0.5, 0.6) is 0 Å². The molecule has 0 radical (unpaired) electrons. The predicted molar refractivity (Wildman–Crippen MR) is 73.1 cm³/mol. The SMILES string of the molecule is Cn1ccc(CN(CCO)Cc2ccccc2)c1. The summed E-state index contributed by atoms with van der Waals surface area (Å²) in [5.41, 5.74) is 2.56. The molecule has 0 unspecified atom stereocenters. The summed E-state index contributed by atoms with van der Waals surface area (Å²) < 4.78 is 2.05. The average Bonchev–Trinajstić information content (AvgIpc) is 2.76. The Labute approximate surface area is 108 Å². The highest BCUT2D eigenvalue weighted by atomic mass is 16.3. The fraction of sp³-hybridized carbons (Fsp3) is 0.333. The summed E-state index contributed by atoms with van der Waals surface area (Å²) in [6.45, 7) is 2.63. The Morgan fingerprint density at radius 1 is 1.06 bits per heavy atom. The highest BCUT2D eigenvalue weighted by molar-refractivity contribution is 5.15. The van der Waals surface area contributed by atoms with Crippen LogP contribution in [0.4, 0.5) is 0 Å². The van der Waals surface area contributed by atoms with E-state index in [4.69, 9.17) is 5.11 Å². The first-order valence-electron chi connectivity index (χ1n) is 6.26. The first-order valence-corrected chi connectivity index (χ1v) is 6.26. The molecule has 96 valence electrons. The summed E-state index contributed by atoms with van der Waals surface area (Å²) in [6.07, 6.45) is 4.17. The van der Waals surface area contributed by atoms with Crippen LogP contribution in [-0.4, -0.2) is 27.7 Å². The molecule has 0 bridgehead atoms. The van der Waals surface area contributed by atoms with Gasteiger partial charge in [-0.2, -0.15) is 0 Å². The molecule has 0 spiro atoms. The Kier molecular flexibility index (Phi) is 4.56. The van der Waals surface area contributed by atoms with Gasteiger partial charge < -0.3 is 9.67 Å². The van der Waals surface area contributed by atoms with E-state index in [0.29, 0.717) is 6.54 Å². The molecule has 1 aromatic heterocycles. The minimum atomic E-state index is 0.194. The molecule has 0 amide bonds. The third kappa shape index (κ3) is 3.72. The van der Waals surface area contributed by atoms with Crippen LogP contribution in [0.1, 0.15) is 11.1 Å². The monoisotopic (exact) mass is 244 g/mol. The van der Waals surface area contributed by atoms with E-state index in [9.17, 15) is 0 Å². The Morgan fingerprint density at radius 3 is 2.39 bits per heavy atom. The number of nitrogens with zero attached hydrogens (tertiary/aromatic N) is 2. The van der Waals surface area contributed by atoms with Gasteiger partial charge in [0.2, 0.25) is 0 Å². The Hall–Kier alpha value is -1.58. The number of rotatable bonds is 6. The lowest BCUT2D eigenvalue weighted by Crippen LogP contribution is -2.25.